The fraction of sp³-hybridized carbons (Fsp3) is 0.476. The molecular weight excluding hydrogens is 483 g/mol. The number of guanidine groups is 1. The van der Waals surface area contributed by atoms with Gasteiger partial charge in [0.25, 0.3) is 0 Å². The van der Waals surface area contributed by atoms with Gasteiger partial charge in [-0.1, -0.05) is 6.07 Å². The summed E-state index contributed by atoms with van der Waals surface area (Å²) in [7, 11) is 1.82. The maximum absolute atomic E-state index is 5.86. The molecule has 1 aromatic heterocycles. The number of aryl methyl sites for hydroxylation is 2. The van der Waals surface area contributed by atoms with E-state index in [1.54, 1.807) is 0 Å². The number of hydrogen-bond acceptors (Lipinski definition) is 4. The Morgan fingerprint density at radius 1 is 1.21 bits per heavy atom. The molecule has 1 aliphatic rings. The number of hydrogen-bond donors (Lipinski definition) is 2. The second-order valence-electron chi connectivity index (χ2n) is 7.03. The van der Waals surface area contributed by atoms with Crippen LogP contribution in [0.15, 0.2) is 40.7 Å². The van der Waals surface area contributed by atoms with Crippen LogP contribution in [0, 0.1) is 13.8 Å². The molecule has 1 fully saturated rings. The van der Waals surface area contributed by atoms with E-state index in [1.807, 2.05) is 18.4 Å². The zero-order valence-electron chi connectivity index (χ0n) is 16.9. The summed E-state index contributed by atoms with van der Waals surface area (Å²) in [6.07, 6.45) is 2.25. The minimum Gasteiger partial charge on any atom is -0.492 e. The average molecular weight is 514 g/mol. The van der Waals surface area contributed by atoms with E-state index >= 15 is 0 Å². The lowest BCUT2D eigenvalue weighted by molar-refractivity contribution is 0.321. The number of benzene rings is 1. The normalized spacial score (nSPS) is 15.1. The van der Waals surface area contributed by atoms with Crippen LogP contribution in [-0.2, 0) is 0 Å². The van der Waals surface area contributed by atoms with Gasteiger partial charge in [0.1, 0.15) is 12.4 Å². The third-order valence-electron chi connectivity index (χ3n) is 4.74. The summed E-state index contributed by atoms with van der Waals surface area (Å²) in [4.78, 5) is 6.82. The maximum atomic E-state index is 5.86. The van der Waals surface area contributed by atoms with Crippen molar-refractivity contribution in [3.8, 4) is 5.75 Å². The van der Waals surface area contributed by atoms with Gasteiger partial charge >= 0.3 is 0 Å². The van der Waals surface area contributed by atoms with Crippen LogP contribution in [0.5, 0.6) is 5.75 Å². The Balaban J connectivity index is 0.00000280. The third kappa shape index (κ3) is 6.84. The van der Waals surface area contributed by atoms with Crippen LogP contribution in [0.3, 0.4) is 0 Å². The van der Waals surface area contributed by atoms with Gasteiger partial charge in [0, 0.05) is 26.2 Å². The highest BCUT2D eigenvalue weighted by Crippen LogP contribution is 2.24. The molecule has 0 unspecified atom stereocenters. The molecule has 3 rings (SSSR count). The molecule has 0 aliphatic carbocycles. The van der Waals surface area contributed by atoms with Crippen molar-refractivity contribution >= 4 is 46.3 Å². The molecule has 0 radical (unpaired) electrons. The number of ether oxygens (including phenoxy) is 1. The Hall–Kier alpha value is -1.48. The molecule has 5 nitrogen and oxygen atoms in total. The van der Waals surface area contributed by atoms with E-state index in [4.69, 9.17) is 4.74 Å². The third-order valence-corrected chi connectivity index (χ3v) is 5.66. The van der Waals surface area contributed by atoms with Crippen LogP contribution < -0.4 is 20.3 Å². The maximum Gasteiger partial charge on any atom is 0.191 e. The van der Waals surface area contributed by atoms with Crippen molar-refractivity contribution in [3.63, 3.8) is 0 Å². The standard InChI is InChI=1S/C21H30N4OS.HI/c1-16-13-17(2)15-19(14-16)26-11-8-23-21(22-3)24-18-6-9-25(10-7-18)20-5-4-12-27-20;/h4-5,12-15,18H,6-11H2,1-3H3,(H2,22,23,24);1H. The van der Waals surface area contributed by atoms with Crippen LogP contribution in [-0.4, -0.2) is 45.3 Å². The van der Waals surface area contributed by atoms with Gasteiger partial charge in [-0.3, -0.25) is 4.99 Å². The van der Waals surface area contributed by atoms with E-state index in [0.29, 0.717) is 12.6 Å². The summed E-state index contributed by atoms with van der Waals surface area (Å²) in [5.41, 5.74) is 2.45. The summed E-state index contributed by atoms with van der Waals surface area (Å²) in [5, 5.41) is 10.4. The number of nitrogens with one attached hydrogen (secondary N) is 2. The summed E-state index contributed by atoms with van der Waals surface area (Å²) >= 11 is 1.82. The number of rotatable bonds is 6. The molecular formula is C21H31IN4OS. The lowest BCUT2D eigenvalue weighted by atomic mass is 10.1. The van der Waals surface area contributed by atoms with Gasteiger partial charge in [-0.25, -0.2) is 0 Å². The van der Waals surface area contributed by atoms with Crippen molar-refractivity contribution in [1.29, 1.82) is 0 Å². The number of piperidine rings is 1. The SMILES string of the molecule is CN=C(NCCOc1cc(C)cc(C)c1)NC1CCN(c2cccs2)CC1.I. The minimum atomic E-state index is 0. The van der Waals surface area contributed by atoms with E-state index in [-0.39, 0.29) is 24.0 Å². The van der Waals surface area contributed by atoms with E-state index in [1.165, 1.54) is 16.1 Å². The molecule has 2 heterocycles. The lowest BCUT2D eigenvalue weighted by Crippen LogP contribution is -2.49. The second kappa shape index (κ2) is 11.5. The van der Waals surface area contributed by atoms with Crippen molar-refractivity contribution < 1.29 is 4.74 Å². The molecule has 2 N–H and O–H groups in total. The van der Waals surface area contributed by atoms with Gasteiger partial charge in [0.15, 0.2) is 5.96 Å². The average Bonchev–Trinajstić information content (AvgIpc) is 3.18. The number of aliphatic imine (C=N–C) groups is 1. The molecule has 1 aliphatic heterocycles. The monoisotopic (exact) mass is 514 g/mol. The molecule has 154 valence electrons. The number of nitrogens with zero attached hydrogens (tertiary/aromatic N) is 2. The largest absolute Gasteiger partial charge is 0.492 e. The Morgan fingerprint density at radius 2 is 1.93 bits per heavy atom. The fourth-order valence-electron chi connectivity index (χ4n) is 3.44. The molecule has 7 heteroatoms. The fourth-order valence-corrected chi connectivity index (χ4v) is 4.22. The molecule has 28 heavy (non-hydrogen) atoms. The van der Waals surface area contributed by atoms with Crippen LogP contribution in [0.1, 0.15) is 24.0 Å². The molecule has 2 aromatic rings. The summed E-state index contributed by atoms with van der Waals surface area (Å²) in [5.74, 6) is 1.78. The van der Waals surface area contributed by atoms with E-state index < -0.39 is 0 Å². The van der Waals surface area contributed by atoms with Gasteiger partial charge in [0.2, 0.25) is 0 Å². The molecule has 0 atom stereocenters. The highest BCUT2D eigenvalue weighted by Gasteiger charge is 2.20. The Morgan fingerprint density at radius 3 is 2.54 bits per heavy atom. The Bertz CT molecular complexity index is 723. The molecule has 1 saturated heterocycles. The number of anilines is 1. The predicted octanol–water partition coefficient (Wildman–Crippen LogP) is 4.20. The Kier molecular flexibility index (Phi) is 9.37. The molecule has 0 bridgehead atoms. The first-order chi connectivity index (χ1) is 13.1. The number of thiophene rings is 1. The van der Waals surface area contributed by atoms with Gasteiger partial charge in [0.05, 0.1) is 11.5 Å². The number of halogens is 1. The predicted molar refractivity (Wildman–Crippen MR) is 131 cm³/mol. The lowest BCUT2D eigenvalue weighted by Gasteiger charge is -2.33. The summed E-state index contributed by atoms with van der Waals surface area (Å²) < 4.78 is 5.86. The molecule has 1 aromatic carbocycles. The van der Waals surface area contributed by atoms with Gasteiger partial charge in [-0.2, -0.15) is 0 Å². The zero-order chi connectivity index (χ0) is 19.1. The van der Waals surface area contributed by atoms with Crippen molar-refractivity contribution in [3.05, 3.63) is 46.8 Å². The summed E-state index contributed by atoms with van der Waals surface area (Å²) in [6.45, 7) is 7.69. The topological polar surface area (TPSA) is 48.9 Å². The van der Waals surface area contributed by atoms with Gasteiger partial charge in [-0.05, 0) is 67.5 Å². The molecule has 0 spiro atoms. The van der Waals surface area contributed by atoms with Gasteiger partial charge < -0.3 is 20.3 Å². The van der Waals surface area contributed by atoms with Crippen molar-refractivity contribution in [2.45, 2.75) is 32.7 Å². The van der Waals surface area contributed by atoms with E-state index in [9.17, 15) is 0 Å². The highest BCUT2D eigenvalue weighted by molar-refractivity contribution is 14.0. The van der Waals surface area contributed by atoms with Crippen molar-refractivity contribution in [1.82, 2.24) is 10.6 Å². The zero-order valence-corrected chi connectivity index (χ0v) is 20.1. The van der Waals surface area contributed by atoms with Crippen LogP contribution >= 0.6 is 35.3 Å². The van der Waals surface area contributed by atoms with E-state index in [0.717, 1.165) is 44.2 Å². The van der Waals surface area contributed by atoms with Gasteiger partial charge in [-0.15, -0.1) is 35.3 Å². The van der Waals surface area contributed by atoms with Crippen LogP contribution in [0.25, 0.3) is 0 Å². The smallest absolute Gasteiger partial charge is 0.191 e. The summed E-state index contributed by atoms with van der Waals surface area (Å²) in [6, 6.07) is 11.1. The van der Waals surface area contributed by atoms with Crippen molar-refractivity contribution in [2.75, 3.05) is 38.2 Å². The molecule has 0 saturated carbocycles. The second-order valence-corrected chi connectivity index (χ2v) is 7.95. The van der Waals surface area contributed by atoms with Crippen LogP contribution in [0.4, 0.5) is 5.00 Å². The van der Waals surface area contributed by atoms with E-state index in [2.05, 4.69) is 70.1 Å². The molecule has 0 amide bonds. The highest BCUT2D eigenvalue weighted by atomic mass is 127. The first kappa shape index (κ1) is 22.8. The van der Waals surface area contributed by atoms with Crippen LogP contribution in [0.2, 0.25) is 0 Å². The van der Waals surface area contributed by atoms with Crippen molar-refractivity contribution in [2.24, 2.45) is 4.99 Å². The first-order valence-corrected chi connectivity index (χ1v) is 10.5. The minimum absolute atomic E-state index is 0. The Labute approximate surface area is 189 Å². The first-order valence-electron chi connectivity index (χ1n) is 9.61. The quantitative estimate of drug-likeness (QED) is 0.263.